The highest BCUT2D eigenvalue weighted by Gasteiger charge is 2.59. The van der Waals surface area contributed by atoms with E-state index in [1.54, 1.807) is 4.68 Å². The number of rotatable bonds is 5. The summed E-state index contributed by atoms with van der Waals surface area (Å²) in [6.45, 7) is 8.75. The number of nitrogens with zero attached hydrogens (tertiary/aromatic N) is 2. The van der Waals surface area contributed by atoms with Crippen molar-refractivity contribution in [3.63, 3.8) is 0 Å². The molecule has 106 valence electrons. The molecule has 0 radical (unpaired) electrons. The van der Waals surface area contributed by atoms with Crippen LogP contribution in [0.3, 0.4) is 0 Å². The number of hydrogen-bond acceptors (Lipinski definition) is 3. The van der Waals surface area contributed by atoms with Crippen LogP contribution in [0.2, 0.25) is 0 Å². The molecule has 0 unspecified atom stereocenters. The zero-order valence-corrected chi connectivity index (χ0v) is 12.8. The lowest BCUT2D eigenvalue weighted by molar-refractivity contribution is -0.0601. The van der Waals surface area contributed by atoms with Gasteiger partial charge in [0.15, 0.2) is 0 Å². The molecular formula is C14H25BN2O2. The molecule has 0 saturated carbocycles. The SMILES string of the molecule is CCC1(CC)OB(c2ccn(C)n2)OC1(CC)CC. The van der Waals surface area contributed by atoms with E-state index in [0.717, 1.165) is 31.3 Å². The first-order chi connectivity index (χ1) is 9.06. The van der Waals surface area contributed by atoms with Crippen molar-refractivity contribution in [2.45, 2.75) is 64.6 Å². The van der Waals surface area contributed by atoms with Crippen molar-refractivity contribution in [3.05, 3.63) is 12.3 Å². The molecule has 1 saturated heterocycles. The van der Waals surface area contributed by atoms with E-state index in [0.29, 0.717) is 0 Å². The topological polar surface area (TPSA) is 36.3 Å². The Morgan fingerprint density at radius 2 is 1.53 bits per heavy atom. The summed E-state index contributed by atoms with van der Waals surface area (Å²) in [4.78, 5) is 0. The summed E-state index contributed by atoms with van der Waals surface area (Å²) >= 11 is 0. The van der Waals surface area contributed by atoms with Crippen LogP contribution in [0.4, 0.5) is 0 Å². The largest absolute Gasteiger partial charge is 0.516 e. The summed E-state index contributed by atoms with van der Waals surface area (Å²) in [6.07, 6.45) is 5.80. The first kappa shape index (κ1) is 14.6. The molecule has 1 aromatic heterocycles. The summed E-state index contributed by atoms with van der Waals surface area (Å²) in [5.74, 6) is 0. The Morgan fingerprint density at radius 3 is 1.84 bits per heavy atom. The van der Waals surface area contributed by atoms with Crippen molar-refractivity contribution in [3.8, 4) is 0 Å². The van der Waals surface area contributed by atoms with E-state index in [1.165, 1.54) is 0 Å². The molecule has 0 bridgehead atoms. The van der Waals surface area contributed by atoms with Crippen LogP contribution in [0.25, 0.3) is 0 Å². The minimum Gasteiger partial charge on any atom is -0.398 e. The van der Waals surface area contributed by atoms with Gasteiger partial charge in [-0.2, -0.15) is 5.10 Å². The molecule has 0 aliphatic carbocycles. The van der Waals surface area contributed by atoms with Crippen molar-refractivity contribution in [2.24, 2.45) is 7.05 Å². The molecule has 1 aliphatic rings. The Balaban J connectivity index is 2.34. The summed E-state index contributed by atoms with van der Waals surface area (Å²) in [5, 5.41) is 4.43. The zero-order chi connectivity index (χ0) is 14.1. The van der Waals surface area contributed by atoms with E-state index in [4.69, 9.17) is 9.31 Å². The van der Waals surface area contributed by atoms with Crippen LogP contribution >= 0.6 is 0 Å². The Kier molecular flexibility index (Phi) is 4.07. The van der Waals surface area contributed by atoms with Gasteiger partial charge in [0.25, 0.3) is 0 Å². The molecule has 4 nitrogen and oxygen atoms in total. The Labute approximate surface area is 116 Å². The minimum absolute atomic E-state index is 0.196. The van der Waals surface area contributed by atoms with Gasteiger partial charge in [-0.05, 0) is 31.7 Å². The average molecular weight is 264 g/mol. The molecular weight excluding hydrogens is 239 g/mol. The molecule has 0 amide bonds. The quantitative estimate of drug-likeness (QED) is 0.765. The van der Waals surface area contributed by atoms with Crippen molar-refractivity contribution in [1.29, 1.82) is 0 Å². The van der Waals surface area contributed by atoms with Gasteiger partial charge in [-0.15, -0.1) is 0 Å². The van der Waals surface area contributed by atoms with Gasteiger partial charge in [0.1, 0.15) is 0 Å². The summed E-state index contributed by atoms with van der Waals surface area (Å²) in [6, 6.07) is 1.97. The second kappa shape index (κ2) is 5.29. The third-order valence-corrected chi connectivity index (χ3v) is 4.76. The van der Waals surface area contributed by atoms with E-state index in [1.807, 2.05) is 19.3 Å². The third-order valence-electron chi connectivity index (χ3n) is 4.76. The molecule has 0 atom stereocenters. The predicted octanol–water partition coefficient (Wildman–Crippen LogP) is 2.28. The number of aryl methyl sites for hydroxylation is 1. The molecule has 1 aliphatic heterocycles. The van der Waals surface area contributed by atoms with Gasteiger partial charge in [-0.3, -0.25) is 4.68 Å². The highest BCUT2D eigenvalue weighted by molar-refractivity contribution is 6.61. The van der Waals surface area contributed by atoms with E-state index in [9.17, 15) is 0 Å². The Hall–Kier alpha value is -0.805. The van der Waals surface area contributed by atoms with Crippen molar-refractivity contribution in [2.75, 3.05) is 0 Å². The molecule has 0 aromatic carbocycles. The molecule has 0 spiro atoms. The predicted molar refractivity (Wildman–Crippen MR) is 77.4 cm³/mol. The minimum atomic E-state index is -0.332. The lowest BCUT2D eigenvalue weighted by Crippen LogP contribution is -2.50. The van der Waals surface area contributed by atoms with Crippen LogP contribution in [-0.2, 0) is 16.4 Å². The lowest BCUT2D eigenvalue weighted by atomic mass is 9.75. The molecule has 2 rings (SSSR count). The number of hydrogen-bond donors (Lipinski definition) is 0. The van der Waals surface area contributed by atoms with Gasteiger partial charge in [0.2, 0.25) is 0 Å². The molecule has 1 fully saturated rings. The van der Waals surface area contributed by atoms with Crippen LogP contribution in [0.1, 0.15) is 53.4 Å². The van der Waals surface area contributed by atoms with Gasteiger partial charge in [0.05, 0.1) is 16.8 Å². The van der Waals surface area contributed by atoms with Crippen LogP contribution < -0.4 is 5.59 Å². The second-order valence-electron chi connectivity index (χ2n) is 5.38. The highest BCUT2D eigenvalue weighted by atomic mass is 16.7. The summed E-state index contributed by atoms with van der Waals surface area (Å²) < 4.78 is 14.5. The maximum Gasteiger partial charge on any atom is 0.516 e. The van der Waals surface area contributed by atoms with Crippen molar-refractivity contribution < 1.29 is 9.31 Å². The molecule has 0 N–H and O–H groups in total. The highest BCUT2D eigenvalue weighted by Crippen LogP contribution is 2.46. The second-order valence-corrected chi connectivity index (χ2v) is 5.38. The van der Waals surface area contributed by atoms with E-state index < -0.39 is 0 Å². The fourth-order valence-electron chi connectivity index (χ4n) is 3.45. The fraction of sp³-hybridized carbons (Fsp3) is 0.786. The Morgan fingerprint density at radius 1 is 1.05 bits per heavy atom. The first-order valence-electron chi connectivity index (χ1n) is 7.41. The maximum absolute atomic E-state index is 6.35. The average Bonchev–Trinajstić information content (AvgIpc) is 3.00. The molecule has 19 heavy (non-hydrogen) atoms. The third kappa shape index (κ3) is 2.13. The zero-order valence-electron chi connectivity index (χ0n) is 12.8. The van der Waals surface area contributed by atoms with Crippen molar-refractivity contribution in [1.82, 2.24) is 9.78 Å². The van der Waals surface area contributed by atoms with E-state index in [2.05, 4.69) is 32.8 Å². The summed E-state index contributed by atoms with van der Waals surface area (Å²) in [7, 11) is 1.58. The van der Waals surface area contributed by atoms with E-state index in [-0.39, 0.29) is 18.3 Å². The van der Waals surface area contributed by atoms with Crippen LogP contribution in [-0.4, -0.2) is 28.1 Å². The normalized spacial score (nSPS) is 21.0. The Bertz CT molecular complexity index is 405. The van der Waals surface area contributed by atoms with E-state index >= 15 is 0 Å². The monoisotopic (exact) mass is 264 g/mol. The van der Waals surface area contributed by atoms with Crippen LogP contribution in [0, 0.1) is 0 Å². The van der Waals surface area contributed by atoms with Gasteiger partial charge < -0.3 is 9.31 Å². The first-order valence-corrected chi connectivity index (χ1v) is 7.41. The van der Waals surface area contributed by atoms with Crippen molar-refractivity contribution >= 4 is 12.7 Å². The maximum atomic E-state index is 6.35. The van der Waals surface area contributed by atoms with Gasteiger partial charge in [0, 0.05) is 13.2 Å². The fourth-order valence-corrected chi connectivity index (χ4v) is 3.45. The molecule has 5 heteroatoms. The number of aromatic nitrogens is 2. The van der Waals surface area contributed by atoms with Gasteiger partial charge >= 0.3 is 7.12 Å². The van der Waals surface area contributed by atoms with Crippen LogP contribution in [0.5, 0.6) is 0 Å². The standard InChI is InChI=1S/C14H25BN2O2/c1-6-13(7-2)14(8-3,9-4)19-15(18-13)12-10-11-17(5)16-12/h10-11H,6-9H2,1-5H3. The summed E-state index contributed by atoms with van der Waals surface area (Å²) in [5.41, 5.74) is 0.481. The van der Waals surface area contributed by atoms with Gasteiger partial charge in [-0.1, -0.05) is 27.7 Å². The molecule has 2 heterocycles. The van der Waals surface area contributed by atoms with Gasteiger partial charge in [-0.25, -0.2) is 0 Å². The lowest BCUT2D eigenvalue weighted by Gasteiger charge is -2.42. The smallest absolute Gasteiger partial charge is 0.398 e. The van der Waals surface area contributed by atoms with Crippen LogP contribution in [0.15, 0.2) is 12.3 Å². The molecule has 1 aromatic rings.